The van der Waals surface area contributed by atoms with Gasteiger partial charge in [0, 0.05) is 36.8 Å². The molecule has 2 aromatic rings. The van der Waals surface area contributed by atoms with Crippen LogP contribution >= 0.6 is 11.3 Å². The van der Waals surface area contributed by atoms with Gasteiger partial charge in [-0.3, -0.25) is 9.67 Å². The molecule has 0 aliphatic heterocycles. The number of aryl methyl sites for hydroxylation is 4. The molecule has 0 saturated heterocycles. The Hall–Kier alpha value is -1.89. The Morgan fingerprint density at radius 1 is 1.14 bits per heavy atom. The largest absolute Gasteiger partial charge is 0.352 e. The SMILES string of the molecule is CN=C(NCc1sc(C)nc1C)NCc1c(C)nn(C)c1C. The predicted molar refractivity (Wildman–Crippen MR) is 91.3 cm³/mol. The number of aliphatic imine (C=N–C) groups is 1. The molecule has 0 aromatic carbocycles. The van der Waals surface area contributed by atoms with Crippen LogP contribution in [0.15, 0.2) is 4.99 Å². The first kappa shape index (κ1) is 16.5. The van der Waals surface area contributed by atoms with Crippen molar-refractivity contribution in [1.82, 2.24) is 25.4 Å². The van der Waals surface area contributed by atoms with Crippen LogP contribution in [0.1, 0.15) is 32.5 Å². The van der Waals surface area contributed by atoms with Gasteiger partial charge in [-0.2, -0.15) is 5.10 Å². The molecule has 2 heterocycles. The molecule has 0 amide bonds. The Kier molecular flexibility index (Phi) is 5.18. The number of guanidine groups is 1. The van der Waals surface area contributed by atoms with Gasteiger partial charge >= 0.3 is 0 Å². The summed E-state index contributed by atoms with van der Waals surface area (Å²) in [6, 6.07) is 0. The minimum atomic E-state index is 0.714. The van der Waals surface area contributed by atoms with E-state index in [1.807, 2.05) is 32.5 Å². The molecule has 2 aromatic heterocycles. The minimum absolute atomic E-state index is 0.714. The molecule has 0 unspecified atom stereocenters. The van der Waals surface area contributed by atoms with Crippen molar-refractivity contribution >= 4 is 17.3 Å². The fourth-order valence-corrected chi connectivity index (χ4v) is 3.24. The van der Waals surface area contributed by atoms with Crippen LogP contribution in [0.4, 0.5) is 0 Å². The third-order valence-corrected chi connectivity index (χ3v) is 4.80. The number of thiazole rings is 1. The van der Waals surface area contributed by atoms with Crippen LogP contribution in [-0.4, -0.2) is 27.8 Å². The molecule has 0 fully saturated rings. The van der Waals surface area contributed by atoms with Gasteiger partial charge in [-0.15, -0.1) is 11.3 Å². The summed E-state index contributed by atoms with van der Waals surface area (Å²) >= 11 is 1.72. The average Bonchev–Trinajstić information content (AvgIpc) is 2.91. The van der Waals surface area contributed by atoms with Gasteiger partial charge in [0.2, 0.25) is 0 Å². The van der Waals surface area contributed by atoms with Crippen LogP contribution < -0.4 is 10.6 Å². The van der Waals surface area contributed by atoms with Crippen molar-refractivity contribution < 1.29 is 0 Å². The normalized spacial score (nSPS) is 11.8. The molecule has 0 radical (unpaired) electrons. The van der Waals surface area contributed by atoms with Gasteiger partial charge in [-0.05, 0) is 27.7 Å². The molecule has 0 saturated carbocycles. The fraction of sp³-hybridized carbons (Fsp3) is 0.533. The third-order valence-electron chi connectivity index (χ3n) is 3.73. The van der Waals surface area contributed by atoms with E-state index in [1.54, 1.807) is 18.4 Å². The molecule has 2 N–H and O–H groups in total. The van der Waals surface area contributed by atoms with Crippen molar-refractivity contribution in [3.05, 3.63) is 32.5 Å². The summed E-state index contributed by atoms with van der Waals surface area (Å²) < 4.78 is 1.91. The van der Waals surface area contributed by atoms with Crippen molar-refractivity contribution in [2.24, 2.45) is 12.0 Å². The molecule has 6 nitrogen and oxygen atoms in total. The van der Waals surface area contributed by atoms with E-state index in [-0.39, 0.29) is 0 Å². The molecular weight excluding hydrogens is 296 g/mol. The van der Waals surface area contributed by atoms with Crippen molar-refractivity contribution in [2.75, 3.05) is 7.05 Å². The molecular formula is C15H24N6S. The summed E-state index contributed by atoms with van der Waals surface area (Å²) in [4.78, 5) is 9.96. The molecule has 0 spiro atoms. The van der Waals surface area contributed by atoms with Crippen molar-refractivity contribution in [3.63, 3.8) is 0 Å². The molecule has 0 atom stereocenters. The molecule has 120 valence electrons. The van der Waals surface area contributed by atoms with E-state index in [0.717, 1.165) is 28.9 Å². The second kappa shape index (κ2) is 6.91. The average molecular weight is 320 g/mol. The second-order valence-electron chi connectivity index (χ2n) is 5.29. The van der Waals surface area contributed by atoms with Crippen LogP contribution in [0, 0.1) is 27.7 Å². The predicted octanol–water partition coefficient (Wildman–Crippen LogP) is 1.98. The lowest BCUT2D eigenvalue weighted by atomic mass is 10.2. The van der Waals surface area contributed by atoms with Crippen LogP contribution in [-0.2, 0) is 20.1 Å². The van der Waals surface area contributed by atoms with E-state index in [1.165, 1.54) is 16.1 Å². The maximum Gasteiger partial charge on any atom is 0.191 e. The zero-order chi connectivity index (χ0) is 16.3. The number of nitrogens with one attached hydrogen (secondary N) is 2. The smallest absolute Gasteiger partial charge is 0.191 e. The highest BCUT2D eigenvalue weighted by Gasteiger charge is 2.10. The maximum atomic E-state index is 4.44. The first-order chi connectivity index (χ1) is 10.4. The second-order valence-corrected chi connectivity index (χ2v) is 6.58. The van der Waals surface area contributed by atoms with Gasteiger partial charge < -0.3 is 10.6 Å². The topological polar surface area (TPSA) is 67.1 Å². The van der Waals surface area contributed by atoms with Gasteiger partial charge in [0.1, 0.15) is 0 Å². The zero-order valence-electron chi connectivity index (χ0n) is 14.1. The lowest BCUT2D eigenvalue weighted by Gasteiger charge is -2.11. The minimum Gasteiger partial charge on any atom is -0.352 e. The highest BCUT2D eigenvalue weighted by molar-refractivity contribution is 7.11. The van der Waals surface area contributed by atoms with Crippen molar-refractivity contribution in [2.45, 2.75) is 40.8 Å². The van der Waals surface area contributed by atoms with Gasteiger partial charge in [0.05, 0.1) is 22.9 Å². The standard InChI is InChI=1S/C15H24N6S/c1-9-13(11(3)21(6)20-9)7-17-15(16-5)18-8-14-10(2)19-12(4)22-14/h7-8H2,1-6H3,(H2,16,17,18). The Labute approximate surface area is 135 Å². The Balaban J connectivity index is 1.94. The monoisotopic (exact) mass is 320 g/mol. The summed E-state index contributed by atoms with van der Waals surface area (Å²) in [6.45, 7) is 9.63. The Morgan fingerprint density at radius 2 is 1.82 bits per heavy atom. The summed E-state index contributed by atoms with van der Waals surface area (Å²) in [5, 5.41) is 12.2. The van der Waals surface area contributed by atoms with Gasteiger partial charge in [0.15, 0.2) is 5.96 Å². The van der Waals surface area contributed by atoms with E-state index < -0.39 is 0 Å². The molecule has 2 rings (SSSR count). The van der Waals surface area contributed by atoms with E-state index in [2.05, 4.69) is 32.6 Å². The number of aromatic nitrogens is 3. The van der Waals surface area contributed by atoms with Crippen LogP contribution in [0.5, 0.6) is 0 Å². The van der Waals surface area contributed by atoms with Crippen LogP contribution in [0.25, 0.3) is 0 Å². The summed E-state index contributed by atoms with van der Waals surface area (Å²) in [6.07, 6.45) is 0. The van der Waals surface area contributed by atoms with Crippen molar-refractivity contribution in [3.8, 4) is 0 Å². The molecule has 7 heteroatoms. The Morgan fingerprint density at radius 3 is 2.32 bits per heavy atom. The summed E-state index contributed by atoms with van der Waals surface area (Å²) in [7, 11) is 3.75. The quantitative estimate of drug-likeness (QED) is 0.668. The highest BCUT2D eigenvalue weighted by atomic mass is 32.1. The highest BCUT2D eigenvalue weighted by Crippen LogP contribution is 2.16. The van der Waals surface area contributed by atoms with Crippen molar-refractivity contribution in [1.29, 1.82) is 0 Å². The maximum absolute atomic E-state index is 4.44. The molecule has 0 bridgehead atoms. The zero-order valence-corrected chi connectivity index (χ0v) is 14.9. The Bertz CT molecular complexity index is 683. The summed E-state index contributed by atoms with van der Waals surface area (Å²) in [5.74, 6) is 0.785. The van der Waals surface area contributed by atoms with Crippen LogP contribution in [0.3, 0.4) is 0 Å². The third kappa shape index (κ3) is 3.65. The number of hydrogen-bond donors (Lipinski definition) is 2. The van der Waals surface area contributed by atoms with E-state index >= 15 is 0 Å². The molecule has 22 heavy (non-hydrogen) atoms. The molecule has 0 aliphatic rings. The lowest BCUT2D eigenvalue weighted by Crippen LogP contribution is -2.36. The van der Waals surface area contributed by atoms with Crippen LogP contribution in [0.2, 0.25) is 0 Å². The first-order valence-corrected chi connectivity index (χ1v) is 8.10. The van der Waals surface area contributed by atoms with E-state index in [4.69, 9.17) is 0 Å². The number of nitrogens with zero attached hydrogens (tertiary/aromatic N) is 4. The molecule has 0 aliphatic carbocycles. The fourth-order valence-electron chi connectivity index (χ4n) is 2.37. The van der Waals surface area contributed by atoms with Gasteiger partial charge in [-0.25, -0.2) is 4.98 Å². The lowest BCUT2D eigenvalue weighted by molar-refractivity contribution is 0.728. The van der Waals surface area contributed by atoms with Gasteiger partial charge in [-0.1, -0.05) is 0 Å². The van der Waals surface area contributed by atoms with E-state index in [0.29, 0.717) is 6.54 Å². The first-order valence-electron chi connectivity index (χ1n) is 7.28. The summed E-state index contributed by atoms with van der Waals surface area (Å²) in [5.41, 5.74) is 4.53. The van der Waals surface area contributed by atoms with E-state index in [9.17, 15) is 0 Å². The number of rotatable bonds is 4. The number of hydrogen-bond acceptors (Lipinski definition) is 4. The van der Waals surface area contributed by atoms with Gasteiger partial charge in [0.25, 0.3) is 0 Å².